The highest BCUT2D eigenvalue weighted by atomic mass is 16.4. The van der Waals surface area contributed by atoms with Crippen molar-refractivity contribution in [2.24, 2.45) is 0 Å². The molecule has 0 aliphatic carbocycles. The molecular weight excluding hydrogens is 300 g/mol. The molecule has 120 valence electrons. The monoisotopic (exact) mass is 316 g/mol. The van der Waals surface area contributed by atoms with Crippen LogP contribution in [0.1, 0.15) is 37.4 Å². The quantitative estimate of drug-likeness (QED) is 0.684. The maximum atomic E-state index is 12.0. The molecule has 1 heterocycles. The van der Waals surface area contributed by atoms with Crippen molar-refractivity contribution in [3.63, 3.8) is 0 Å². The van der Waals surface area contributed by atoms with Gasteiger partial charge in [-0.2, -0.15) is 0 Å². The van der Waals surface area contributed by atoms with E-state index in [9.17, 15) is 24.6 Å². The van der Waals surface area contributed by atoms with Crippen molar-refractivity contribution in [1.29, 1.82) is 0 Å². The lowest BCUT2D eigenvalue weighted by molar-refractivity contribution is 0.0695. The van der Waals surface area contributed by atoms with Gasteiger partial charge in [0.05, 0.1) is 0 Å². The molecule has 7 nitrogen and oxygen atoms in total. The third kappa shape index (κ3) is 2.68. The Hall–Kier alpha value is -3.09. The van der Waals surface area contributed by atoms with Crippen LogP contribution in [0.4, 0.5) is 5.82 Å². The number of carboxylic acid groups (broad SMARTS) is 2. The molecule has 0 aliphatic heterocycles. The average molecular weight is 316 g/mol. The van der Waals surface area contributed by atoms with Gasteiger partial charge in [0.2, 0.25) is 0 Å². The normalized spacial score (nSPS) is 10.6. The predicted molar refractivity (Wildman–Crippen MR) is 85.0 cm³/mol. The standard InChI is InChI=1S/C16H16N2O5/c1-6-4-7(2)9(8(3)5-6)10-11(15(20)21)13(17)18-14(19)12(10)16(22)23/h4-5H,1-3H3,(H,20,21)(H,22,23)(H3,17,18,19). The van der Waals surface area contributed by atoms with Gasteiger partial charge in [-0.3, -0.25) is 4.79 Å². The van der Waals surface area contributed by atoms with Gasteiger partial charge in [0.25, 0.3) is 5.56 Å². The number of anilines is 1. The maximum absolute atomic E-state index is 12.0. The molecule has 0 bridgehead atoms. The second-order valence-corrected chi connectivity index (χ2v) is 5.38. The minimum atomic E-state index is -1.51. The third-order valence-corrected chi connectivity index (χ3v) is 3.60. The molecule has 0 radical (unpaired) electrons. The molecule has 0 fully saturated rings. The van der Waals surface area contributed by atoms with Crippen molar-refractivity contribution < 1.29 is 19.8 Å². The molecule has 0 unspecified atom stereocenters. The van der Waals surface area contributed by atoms with Gasteiger partial charge in [0, 0.05) is 5.56 Å². The lowest BCUT2D eigenvalue weighted by Crippen LogP contribution is -2.24. The van der Waals surface area contributed by atoms with Gasteiger partial charge >= 0.3 is 11.9 Å². The Balaban J connectivity index is 3.10. The molecule has 0 amide bonds. The lowest BCUT2D eigenvalue weighted by Gasteiger charge is -2.17. The lowest BCUT2D eigenvalue weighted by atomic mass is 9.88. The number of aromatic carboxylic acids is 2. The van der Waals surface area contributed by atoms with Crippen LogP contribution in [-0.2, 0) is 0 Å². The van der Waals surface area contributed by atoms with Crippen LogP contribution in [0, 0.1) is 20.8 Å². The molecule has 1 aromatic carbocycles. The molecule has 0 aliphatic rings. The highest BCUT2D eigenvalue weighted by Crippen LogP contribution is 2.34. The minimum absolute atomic E-state index is 0.166. The van der Waals surface area contributed by atoms with Gasteiger partial charge in [-0.05, 0) is 37.5 Å². The van der Waals surface area contributed by atoms with Gasteiger partial charge in [-0.15, -0.1) is 0 Å². The fourth-order valence-electron chi connectivity index (χ4n) is 2.87. The Kier molecular flexibility index (Phi) is 3.97. The molecule has 1 aromatic heterocycles. The van der Waals surface area contributed by atoms with Crippen LogP contribution in [0.3, 0.4) is 0 Å². The van der Waals surface area contributed by atoms with Crippen molar-refractivity contribution in [1.82, 2.24) is 4.98 Å². The third-order valence-electron chi connectivity index (χ3n) is 3.60. The first-order valence-electron chi connectivity index (χ1n) is 6.75. The number of hydrogen-bond acceptors (Lipinski definition) is 4. The zero-order valence-electron chi connectivity index (χ0n) is 12.9. The number of H-pyrrole nitrogens is 1. The van der Waals surface area contributed by atoms with Crippen LogP contribution in [0.5, 0.6) is 0 Å². The van der Waals surface area contributed by atoms with Crippen LogP contribution in [-0.4, -0.2) is 27.1 Å². The first kappa shape index (κ1) is 16.3. The van der Waals surface area contributed by atoms with E-state index in [0.29, 0.717) is 16.7 Å². The highest BCUT2D eigenvalue weighted by molar-refractivity contribution is 6.08. The van der Waals surface area contributed by atoms with Gasteiger partial charge in [0.15, 0.2) is 0 Å². The summed E-state index contributed by atoms with van der Waals surface area (Å²) in [6.07, 6.45) is 0. The van der Waals surface area contributed by atoms with Crippen LogP contribution in [0.15, 0.2) is 16.9 Å². The number of nitrogens with one attached hydrogen (secondary N) is 1. The van der Waals surface area contributed by atoms with E-state index in [1.54, 1.807) is 26.0 Å². The fraction of sp³-hybridized carbons (Fsp3) is 0.188. The molecule has 7 heteroatoms. The summed E-state index contributed by atoms with van der Waals surface area (Å²) < 4.78 is 0. The number of carboxylic acids is 2. The van der Waals surface area contributed by atoms with Crippen LogP contribution >= 0.6 is 0 Å². The summed E-state index contributed by atoms with van der Waals surface area (Å²) in [7, 11) is 0. The smallest absolute Gasteiger partial charge is 0.342 e. The molecular formula is C16H16N2O5. The number of pyridine rings is 1. The summed E-state index contributed by atoms with van der Waals surface area (Å²) in [4.78, 5) is 37.3. The Morgan fingerprint density at radius 2 is 1.43 bits per heavy atom. The van der Waals surface area contributed by atoms with E-state index in [1.807, 2.05) is 6.92 Å². The molecule has 5 N–H and O–H groups in total. The van der Waals surface area contributed by atoms with Gasteiger partial charge in [0.1, 0.15) is 16.9 Å². The summed E-state index contributed by atoms with van der Waals surface area (Å²) >= 11 is 0. The van der Waals surface area contributed by atoms with Crippen molar-refractivity contribution >= 4 is 17.8 Å². The summed E-state index contributed by atoms with van der Waals surface area (Å²) in [6.45, 7) is 5.32. The van der Waals surface area contributed by atoms with Crippen molar-refractivity contribution in [2.75, 3.05) is 5.73 Å². The zero-order chi connectivity index (χ0) is 17.5. The number of rotatable bonds is 3. The largest absolute Gasteiger partial charge is 0.478 e. The predicted octanol–water partition coefficient (Wildman–Crippen LogP) is 1.95. The van der Waals surface area contributed by atoms with Crippen molar-refractivity contribution in [3.05, 3.63) is 50.3 Å². The van der Waals surface area contributed by atoms with Gasteiger partial charge < -0.3 is 20.9 Å². The highest BCUT2D eigenvalue weighted by Gasteiger charge is 2.28. The van der Waals surface area contributed by atoms with Crippen LogP contribution in [0.25, 0.3) is 11.1 Å². The molecule has 0 saturated heterocycles. The Labute approximate surface area is 131 Å². The number of nitrogens with two attached hydrogens (primary N) is 1. The molecule has 2 aromatic rings. The molecule has 0 spiro atoms. The van der Waals surface area contributed by atoms with Crippen molar-refractivity contribution in [3.8, 4) is 11.1 Å². The molecule has 2 rings (SSSR count). The Morgan fingerprint density at radius 3 is 1.87 bits per heavy atom. The number of aromatic amines is 1. The first-order chi connectivity index (χ1) is 10.6. The number of hydrogen-bond donors (Lipinski definition) is 4. The summed E-state index contributed by atoms with van der Waals surface area (Å²) in [5, 5.41) is 18.8. The minimum Gasteiger partial charge on any atom is -0.478 e. The van der Waals surface area contributed by atoms with Gasteiger partial charge in [-0.1, -0.05) is 17.7 Å². The zero-order valence-corrected chi connectivity index (χ0v) is 12.9. The number of aromatic nitrogens is 1. The number of nitrogen functional groups attached to an aromatic ring is 1. The average Bonchev–Trinajstić information content (AvgIpc) is 2.35. The summed E-state index contributed by atoms with van der Waals surface area (Å²) in [6, 6.07) is 3.58. The number of carbonyl (C=O) groups is 2. The Bertz CT molecular complexity index is 873. The second kappa shape index (κ2) is 5.60. The SMILES string of the molecule is Cc1cc(C)c(-c2c(C(=O)O)c(N)[nH]c(=O)c2C(=O)O)c(C)c1. The number of benzene rings is 1. The van der Waals surface area contributed by atoms with Crippen LogP contribution < -0.4 is 11.3 Å². The Morgan fingerprint density at radius 1 is 0.957 bits per heavy atom. The van der Waals surface area contributed by atoms with Crippen LogP contribution in [0.2, 0.25) is 0 Å². The molecule has 23 heavy (non-hydrogen) atoms. The summed E-state index contributed by atoms with van der Waals surface area (Å²) in [5.41, 5.74) is 6.14. The van der Waals surface area contributed by atoms with E-state index in [-0.39, 0.29) is 11.4 Å². The molecule has 0 saturated carbocycles. The number of aryl methyl sites for hydroxylation is 3. The van der Waals surface area contributed by atoms with Crippen molar-refractivity contribution in [2.45, 2.75) is 20.8 Å². The first-order valence-corrected chi connectivity index (χ1v) is 6.75. The molecule has 0 atom stereocenters. The van der Waals surface area contributed by atoms with E-state index in [1.165, 1.54) is 0 Å². The fourth-order valence-corrected chi connectivity index (χ4v) is 2.87. The van der Waals surface area contributed by atoms with E-state index in [0.717, 1.165) is 5.56 Å². The van der Waals surface area contributed by atoms with E-state index < -0.39 is 28.6 Å². The summed E-state index contributed by atoms with van der Waals surface area (Å²) in [5.74, 6) is -3.29. The maximum Gasteiger partial charge on any atom is 0.342 e. The second-order valence-electron chi connectivity index (χ2n) is 5.38. The van der Waals surface area contributed by atoms with Gasteiger partial charge in [-0.25, -0.2) is 9.59 Å². The van der Waals surface area contributed by atoms with E-state index >= 15 is 0 Å². The topological polar surface area (TPSA) is 133 Å². The van der Waals surface area contributed by atoms with E-state index in [4.69, 9.17) is 5.73 Å². The van der Waals surface area contributed by atoms with E-state index in [2.05, 4.69) is 4.98 Å².